The summed E-state index contributed by atoms with van der Waals surface area (Å²) in [4.78, 5) is 20.4. The Morgan fingerprint density at radius 1 is 1.43 bits per heavy atom. The van der Waals surface area contributed by atoms with Crippen molar-refractivity contribution >= 4 is 11.5 Å². The highest BCUT2D eigenvalue weighted by molar-refractivity contribution is 5.80. The molecule has 0 saturated heterocycles. The van der Waals surface area contributed by atoms with E-state index in [9.17, 15) is 4.79 Å². The molecular weight excluding hydrogens is 268 g/mol. The summed E-state index contributed by atoms with van der Waals surface area (Å²) in [7, 11) is 0. The lowest BCUT2D eigenvalue weighted by molar-refractivity contribution is -0.219. The smallest absolute Gasteiger partial charge is 0.247 e. The lowest BCUT2D eigenvalue weighted by Gasteiger charge is -2.39. The van der Waals surface area contributed by atoms with Crippen LogP contribution in [0.5, 0.6) is 0 Å². The number of amides is 1. The zero-order chi connectivity index (χ0) is 15.5. The van der Waals surface area contributed by atoms with E-state index in [2.05, 4.69) is 10.0 Å². The first-order chi connectivity index (χ1) is 9.94. The molecule has 1 aliphatic heterocycles. The summed E-state index contributed by atoms with van der Waals surface area (Å²) in [6.07, 6.45) is 0.636. The van der Waals surface area contributed by atoms with E-state index in [-0.39, 0.29) is 12.5 Å². The quantitative estimate of drug-likeness (QED) is 0.482. The molecule has 110 valence electrons. The van der Waals surface area contributed by atoms with Crippen LogP contribution in [0.15, 0.2) is 41.1 Å². The van der Waals surface area contributed by atoms with Gasteiger partial charge >= 0.3 is 0 Å². The van der Waals surface area contributed by atoms with Gasteiger partial charge in [-0.3, -0.25) is 9.63 Å². The van der Waals surface area contributed by atoms with Gasteiger partial charge < -0.3 is 0 Å². The van der Waals surface area contributed by atoms with Crippen LogP contribution in [0.1, 0.15) is 32.8 Å². The molecule has 2 rings (SSSR count). The van der Waals surface area contributed by atoms with Crippen molar-refractivity contribution in [2.24, 2.45) is 5.11 Å². The average Bonchev–Trinajstić information content (AvgIpc) is 2.45. The van der Waals surface area contributed by atoms with Crippen LogP contribution in [0.4, 0.5) is 0 Å². The Kier molecular flexibility index (Phi) is 4.31. The van der Waals surface area contributed by atoms with Crippen molar-refractivity contribution in [2.75, 3.05) is 6.54 Å². The van der Waals surface area contributed by atoms with Crippen LogP contribution in [0.2, 0.25) is 0 Å². The third kappa shape index (κ3) is 3.42. The molecule has 0 aromatic heterocycles. The summed E-state index contributed by atoms with van der Waals surface area (Å²) in [5.41, 5.74) is 10.6. The fraction of sp³-hybridized carbons (Fsp3) is 0.400. The third-order valence-corrected chi connectivity index (χ3v) is 3.23. The van der Waals surface area contributed by atoms with Crippen LogP contribution in [0.25, 0.3) is 16.0 Å². The lowest BCUT2D eigenvalue weighted by atomic mass is 9.90. The van der Waals surface area contributed by atoms with E-state index in [1.54, 1.807) is 0 Å². The highest BCUT2D eigenvalue weighted by atomic mass is 16.7. The molecular formula is C15H18N4O2. The second-order valence-corrected chi connectivity index (χ2v) is 5.52. The predicted octanol–water partition coefficient (Wildman–Crippen LogP) is 3.67. The summed E-state index contributed by atoms with van der Waals surface area (Å²) in [6.45, 7) is 5.36. The van der Waals surface area contributed by atoms with Crippen molar-refractivity contribution in [3.63, 3.8) is 0 Å². The molecule has 1 aromatic carbocycles. The predicted molar refractivity (Wildman–Crippen MR) is 79.7 cm³/mol. The van der Waals surface area contributed by atoms with Gasteiger partial charge in [-0.15, -0.1) is 0 Å². The van der Waals surface area contributed by atoms with Crippen molar-refractivity contribution in [1.29, 1.82) is 0 Å². The van der Waals surface area contributed by atoms with E-state index >= 15 is 0 Å². The molecule has 0 spiro atoms. The van der Waals surface area contributed by atoms with Crippen molar-refractivity contribution in [1.82, 2.24) is 5.06 Å². The maximum atomic E-state index is 11.9. The minimum Gasteiger partial charge on any atom is -0.273 e. The molecule has 21 heavy (non-hydrogen) atoms. The number of hydroxylamine groups is 2. The van der Waals surface area contributed by atoms with E-state index in [1.165, 1.54) is 12.0 Å². The standard InChI is InChI=1S/C15H18N4O2/c1-11(20)19-14(10-17-18-16)13(9-15(2,3)21-19)12-7-5-4-6-8-12/h4-8H,9-10H2,1-3H3. The van der Waals surface area contributed by atoms with Crippen molar-refractivity contribution in [3.05, 3.63) is 52.0 Å². The van der Waals surface area contributed by atoms with Gasteiger partial charge in [-0.2, -0.15) is 5.06 Å². The number of benzene rings is 1. The van der Waals surface area contributed by atoms with E-state index in [0.717, 1.165) is 11.1 Å². The summed E-state index contributed by atoms with van der Waals surface area (Å²) in [5.74, 6) is -0.237. The molecule has 0 radical (unpaired) electrons. The van der Waals surface area contributed by atoms with Crippen molar-refractivity contribution in [2.45, 2.75) is 32.8 Å². The monoisotopic (exact) mass is 286 g/mol. The number of hydrogen-bond acceptors (Lipinski definition) is 3. The Balaban J connectivity index is 2.58. The maximum Gasteiger partial charge on any atom is 0.247 e. The Morgan fingerprint density at radius 2 is 2.10 bits per heavy atom. The molecule has 0 fully saturated rings. The number of hydrogen-bond donors (Lipinski definition) is 0. The van der Waals surface area contributed by atoms with Gasteiger partial charge in [-0.1, -0.05) is 35.4 Å². The van der Waals surface area contributed by atoms with Gasteiger partial charge in [0.25, 0.3) is 0 Å². The largest absolute Gasteiger partial charge is 0.273 e. The van der Waals surface area contributed by atoms with Crippen LogP contribution < -0.4 is 0 Å². The molecule has 6 nitrogen and oxygen atoms in total. The first-order valence-electron chi connectivity index (χ1n) is 6.73. The third-order valence-electron chi connectivity index (χ3n) is 3.23. The van der Waals surface area contributed by atoms with Gasteiger partial charge in [0.15, 0.2) is 0 Å². The topological polar surface area (TPSA) is 78.3 Å². The first kappa shape index (κ1) is 15.1. The lowest BCUT2D eigenvalue weighted by Crippen LogP contribution is -2.43. The fourth-order valence-electron chi connectivity index (χ4n) is 2.41. The zero-order valence-electron chi connectivity index (χ0n) is 12.4. The zero-order valence-corrected chi connectivity index (χ0v) is 12.4. The molecule has 0 atom stereocenters. The average molecular weight is 286 g/mol. The number of nitrogens with zero attached hydrogens (tertiary/aromatic N) is 4. The fourth-order valence-corrected chi connectivity index (χ4v) is 2.41. The number of carbonyl (C=O) groups is 1. The van der Waals surface area contributed by atoms with Gasteiger partial charge in [0, 0.05) is 18.3 Å². The molecule has 0 bridgehead atoms. The summed E-state index contributed by atoms with van der Waals surface area (Å²) in [6, 6.07) is 9.77. The minimum absolute atomic E-state index is 0.0797. The van der Waals surface area contributed by atoms with Crippen molar-refractivity contribution in [3.8, 4) is 0 Å². The molecule has 1 amide bonds. The Labute approximate surface area is 123 Å². The molecule has 0 N–H and O–H groups in total. The summed E-state index contributed by atoms with van der Waals surface area (Å²) in [5, 5.41) is 4.85. The molecule has 1 heterocycles. The van der Waals surface area contributed by atoms with Crippen LogP contribution in [0, 0.1) is 0 Å². The Morgan fingerprint density at radius 3 is 2.67 bits per heavy atom. The van der Waals surface area contributed by atoms with Crippen LogP contribution in [-0.2, 0) is 9.63 Å². The van der Waals surface area contributed by atoms with Crippen LogP contribution >= 0.6 is 0 Å². The van der Waals surface area contributed by atoms with Gasteiger partial charge in [-0.25, -0.2) is 0 Å². The molecule has 0 unspecified atom stereocenters. The van der Waals surface area contributed by atoms with E-state index in [1.807, 2.05) is 44.2 Å². The summed E-state index contributed by atoms with van der Waals surface area (Å²) >= 11 is 0. The Hall–Kier alpha value is -2.30. The summed E-state index contributed by atoms with van der Waals surface area (Å²) < 4.78 is 0. The highest BCUT2D eigenvalue weighted by Crippen LogP contribution is 2.37. The number of carbonyl (C=O) groups excluding carboxylic acids is 1. The second kappa shape index (κ2) is 5.99. The van der Waals surface area contributed by atoms with Gasteiger partial charge in [-0.05, 0) is 30.5 Å². The molecule has 0 saturated carbocycles. The van der Waals surface area contributed by atoms with E-state index in [4.69, 9.17) is 10.4 Å². The number of rotatable bonds is 3. The molecule has 1 aromatic rings. The Bertz CT molecular complexity index is 616. The van der Waals surface area contributed by atoms with Gasteiger partial charge in [0.2, 0.25) is 5.91 Å². The molecule has 0 aliphatic carbocycles. The molecule has 1 aliphatic rings. The first-order valence-corrected chi connectivity index (χ1v) is 6.73. The van der Waals surface area contributed by atoms with Crippen LogP contribution in [0.3, 0.4) is 0 Å². The normalized spacial score (nSPS) is 17.4. The second-order valence-electron chi connectivity index (χ2n) is 5.52. The number of azide groups is 1. The maximum absolute atomic E-state index is 11.9. The van der Waals surface area contributed by atoms with Crippen molar-refractivity contribution < 1.29 is 9.63 Å². The highest BCUT2D eigenvalue weighted by Gasteiger charge is 2.35. The van der Waals surface area contributed by atoms with E-state index in [0.29, 0.717) is 12.1 Å². The molecule has 6 heteroatoms. The SMILES string of the molecule is CC(=O)N1OC(C)(C)CC(c2ccccc2)=C1CN=[N+]=[N-]. The van der Waals surface area contributed by atoms with Gasteiger partial charge in [0.05, 0.1) is 17.8 Å². The van der Waals surface area contributed by atoms with E-state index < -0.39 is 5.60 Å². The van der Waals surface area contributed by atoms with Gasteiger partial charge in [0.1, 0.15) is 0 Å². The van der Waals surface area contributed by atoms with Crippen LogP contribution in [-0.4, -0.2) is 23.1 Å². The minimum atomic E-state index is -0.503.